The van der Waals surface area contributed by atoms with Crippen LogP contribution in [0.1, 0.15) is 11.1 Å². The number of hydrogen-bond donors (Lipinski definition) is 1. The van der Waals surface area contributed by atoms with Crippen LogP contribution < -0.4 is 10.6 Å². The van der Waals surface area contributed by atoms with Crippen molar-refractivity contribution in [3.63, 3.8) is 0 Å². The Balaban J connectivity index is 1.99. The highest BCUT2D eigenvalue weighted by Gasteiger charge is 2.09. The third kappa shape index (κ3) is 2.55. The summed E-state index contributed by atoms with van der Waals surface area (Å²) in [6, 6.07) is 16.4. The highest BCUT2D eigenvalue weighted by Crippen LogP contribution is 2.26. The van der Waals surface area contributed by atoms with Crippen molar-refractivity contribution in [2.24, 2.45) is 0 Å². The number of pyridine rings is 1. The second-order valence-electron chi connectivity index (χ2n) is 5.36. The predicted molar refractivity (Wildman–Crippen MR) is 89.4 cm³/mol. The maximum Gasteiger partial charge on any atom is 0.0772 e. The first kappa shape index (κ1) is 13.4. The second kappa shape index (κ2) is 5.44. The van der Waals surface area contributed by atoms with E-state index in [0.717, 1.165) is 23.1 Å². The number of nitrogens with zero attached hydrogens (tertiary/aromatic N) is 2. The van der Waals surface area contributed by atoms with Gasteiger partial charge in [-0.2, -0.15) is 0 Å². The van der Waals surface area contributed by atoms with Gasteiger partial charge in [-0.3, -0.25) is 4.98 Å². The highest BCUT2D eigenvalue weighted by molar-refractivity contribution is 5.92. The van der Waals surface area contributed by atoms with E-state index in [2.05, 4.69) is 54.2 Å². The number of rotatable bonds is 3. The number of para-hydroxylation sites is 1. The molecule has 0 aliphatic rings. The Kier molecular flexibility index (Phi) is 3.48. The normalized spacial score (nSPS) is 10.8. The first-order chi connectivity index (χ1) is 10.2. The van der Waals surface area contributed by atoms with Gasteiger partial charge in [-0.1, -0.05) is 24.3 Å². The molecule has 2 aromatic carbocycles. The Morgan fingerprint density at radius 3 is 2.67 bits per heavy atom. The molecule has 3 aromatic rings. The van der Waals surface area contributed by atoms with Gasteiger partial charge in [0.25, 0.3) is 0 Å². The molecule has 0 amide bonds. The molecule has 0 saturated heterocycles. The van der Waals surface area contributed by atoms with Gasteiger partial charge >= 0.3 is 0 Å². The minimum absolute atomic E-state index is 0.778. The quantitative estimate of drug-likeness (QED) is 0.741. The average Bonchev–Trinajstić information content (AvgIpc) is 2.51. The van der Waals surface area contributed by atoms with Crippen LogP contribution >= 0.6 is 0 Å². The summed E-state index contributed by atoms with van der Waals surface area (Å²) in [6.45, 7) is 2.93. The molecule has 0 unspecified atom stereocenters. The minimum atomic E-state index is 0.778. The Hall–Kier alpha value is -2.55. The summed E-state index contributed by atoms with van der Waals surface area (Å²) in [6.07, 6.45) is 1.82. The maximum atomic E-state index is 6.04. The van der Waals surface area contributed by atoms with Gasteiger partial charge in [0, 0.05) is 36.6 Å². The Bertz CT molecular complexity index is 780. The zero-order chi connectivity index (χ0) is 14.8. The van der Waals surface area contributed by atoms with E-state index in [4.69, 9.17) is 5.73 Å². The third-order valence-electron chi connectivity index (χ3n) is 3.82. The summed E-state index contributed by atoms with van der Waals surface area (Å²) < 4.78 is 0. The van der Waals surface area contributed by atoms with E-state index in [1.807, 2.05) is 24.4 Å². The summed E-state index contributed by atoms with van der Waals surface area (Å²) in [4.78, 5) is 6.75. The lowest BCUT2D eigenvalue weighted by Gasteiger charge is -2.22. The predicted octanol–water partition coefficient (Wildman–Crippen LogP) is 3.76. The van der Waals surface area contributed by atoms with Crippen LogP contribution in [-0.4, -0.2) is 12.0 Å². The molecule has 0 bridgehead atoms. The number of anilines is 2. The molecular formula is C18H19N3. The van der Waals surface area contributed by atoms with E-state index >= 15 is 0 Å². The minimum Gasteiger partial charge on any atom is -0.398 e. The lowest BCUT2D eigenvalue weighted by molar-refractivity contribution is 0.922. The smallest absolute Gasteiger partial charge is 0.0772 e. The van der Waals surface area contributed by atoms with Crippen molar-refractivity contribution < 1.29 is 0 Å². The Labute approximate surface area is 125 Å². The maximum absolute atomic E-state index is 6.04. The van der Waals surface area contributed by atoms with Gasteiger partial charge in [0.15, 0.2) is 0 Å². The summed E-state index contributed by atoms with van der Waals surface area (Å²) in [5.74, 6) is 0. The standard InChI is InChI=1S/C18H19N3/c1-13-6-3-4-8-17(13)21(2)12-14-9-10-16(19)15-7-5-11-20-18(14)15/h3-11H,12,19H2,1-2H3. The van der Waals surface area contributed by atoms with Crippen LogP contribution in [0.3, 0.4) is 0 Å². The highest BCUT2D eigenvalue weighted by atomic mass is 15.1. The van der Waals surface area contributed by atoms with Gasteiger partial charge in [-0.25, -0.2) is 0 Å². The van der Waals surface area contributed by atoms with Crippen molar-refractivity contribution in [3.05, 3.63) is 65.9 Å². The number of fused-ring (bicyclic) bond motifs is 1. The fourth-order valence-corrected chi connectivity index (χ4v) is 2.71. The van der Waals surface area contributed by atoms with Crippen LogP contribution in [0.25, 0.3) is 10.9 Å². The number of benzene rings is 2. The van der Waals surface area contributed by atoms with Gasteiger partial charge in [-0.15, -0.1) is 0 Å². The van der Waals surface area contributed by atoms with Crippen LogP contribution in [0, 0.1) is 6.92 Å². The van der Waals surface area contributed by atoms with Crippen LogP contribution in [-0.2, 0) is 6.54 Å². The zero-order valence-corrected chi connectivity index (χ0v) is 12.4. The second-order valence-corrected chi connectivity index (χ2v) is 5.36. The van der Waals surface area contributed by atoms with Crippen molar-refractivity contribution in [2.75, 3.05) is 17.7 Å². The van der Waals surface area contributed by atoms with E-state index in [1.165, 1.54) is 16.8 Å². The fourth-order valence-electron chi connectivity index (χ4n) is 2.71. The van der Waals surface area contributed by atoms with Crippen molar-refractivity contribution in [1.29, 1.82) is 0 Å². The average molecular weight is 277 g/mol. The number of nitrogen functional groups attached to an aromatic ring is 1. The molecule has 3 heteroatoms. The SMILES string of the molecule is Cc1ccccc1N(C)Cc1ccc(N)c2cccnc12. The molecule has 0 fully saturated rings. The molecule has 3 rings (SSSR count). The molecule has 21 heavy (non-hydrogen) atoms. The van der Waals surface area contributed by atoms with E-state index in [0.29, 0.717) is 0 Å². The molecule has 0 atom stereocenters. The summed E-state index contributed by atoms with van der Waals surface area (Å²) in [5.41, 5.74) is 11.5. The largest absolute Gasteiger partial charge is 0.398 e. The summed E-state index contributed by atoms with van der Waals surface area (Å²) in [7, 11) is 2.10. The Morgan fingerprint density at radius 2 is 1.86 bits per heavy atom. The molecule has 0 aliphatic carbocycles. The monoisotopic (exact) mass is 277 g/mol. The number of aryl methyl sites for hydroxylation is 1. The van der Waals surface area contributed by atoms with Crippen LogP contribution in [0.2, 0.25) is 0 Å². The lowest BCUT2D eigenvalue weighted by Crippen LogP contribution is -2.17. The number of aromatic nitrogens is 1. The number of hydrogen-bond acceptors (Lipinski definition) is 3. The van der Waals surface area contributed by atoms with Crippen molar-refractivity contribution >= 4 is 22.3 Å². The van der Waals surface area contributed by atoms with Crippen molar-refractivity contribution in [2.45, 2.75) is 13.5 Å². The molecular weight excluding hydrogens is 258 g/mol. The molecule has 1 aromatic heterocycles. The van der Waals surface area contributed by atoms with Crippen LogP contribution in [0.4, 0.5) is 11.4 Å². The zero-order valence-electron chi connectivity index (χ0n) is 12.4. The van der Waals surface area contributed by atoms with Gasteiger partial charge in [0.1, 0.15) is 0 Å². The van der Waals surface area contributed by atoms with E-state index in [9.17, 15) is 0 Å². The van der Waals surface area contributed by atoms with E-state index in [1.54, 1.807) is 0 Å². The molecule has 2 N–H and O–H groups in total. The molecule has 106 valence electrons. The van der Waals surface area contributed by atoms with Crippen molar-refractivity contribution in [1.82, 2.24) is 4.98 Å². The molecule has 0 saturated carbocycles. The molecule has 0 aliphatic heterocycles. The fraction of sp³-hybridized carbons (Fsp3) is 0.167. The van der Waals surface area contributed by atoms with Crippen LogP contribution in [0.5, 0.6) is 0 Å². The van der Waals surface area contributed by atoms with Crippen LogP contribution in [0.15, 0.2) is 54.7 Å². The summed E-state index contributed by atoms with van der Waals surface area (Å²) in [5, 5.41) is 1.02. The van der Waals surface area contributed by atoms with Gasteiger partial charge in [0.05, 0.1) is 5.52 Å². The lowest BCUT2D eigenvalue weighted by atomic mass is 10.1. The van der Waals surface area contributed by atoms with Gasteiger partial charge in [-0.05, 0) is 42.3 Å². The van der Waals surface area contributed by atoms with Crippen molar-refractivity contribution in [3.8, 4) is 0 Å². The van der Waals surface area contributed by atoms with E-state index in [-0.39, 0.29) is 0 Å². The number of nitrogens with two attached hydrogens (primary N) is 1. The molecule has 1 heterocycles. The van der Waals surface area contributed by atoms with Gasteiger partial charge in [0.2, 0.25) is 0 Å². The molecule has 0 radical (unpaired) electrons. The summed E-state index contributed by atoms with van der Waals surface area (Å²) >= 11 is 0. The first-order valence-electron chi connectivity index (χ1n) is 7.05. The molecule has 3 nitrogen and oxygen atoms in total. The first-order valence-corrected chi connectivity index (χ1v) is 7.05. The molecule has 0 spiro atoms. The van der Waals surface area contributed by atoms with Gasteiger partial charge < -0.3 is 10.6 Å². The van der Waals surface area contributed by atoms with E-state index < -0.39 is 0 Å². The third-order valence-corrected chi connectivity index (χ3v) is 3.82. The topological polar surface area (TPSA) is 42.1 Å². The Morgan fingerprint density at radius 1 is 1.05 bits per heavy atom.